The number of aryl methyl sites for hydroxylation is 2. The van der Waals surface area contributed by atoms with Crippen LogP contribution < -0.4 is 5.56 Å². The highest BCUT2D eigenvalue weighted by Crippen LogP contribution is 2.32. The fourth-order valence-corrected chi connectivity index (χ4v) is 7.87. The lowest BCUT2D eigenvalue weighted by molar-refractivity contribution is -0.165. The van der Waals surface area contributed by atoms with E-state index in [1.807, 2.05) is 29.2 Å². The third-order valence-electron chi connectivity index (χ3n) is 11.4. The number of carboxylic acids is 2. The van der Waals surface area contributed by atoms with Crippen LogP contribution in [0.15, 0.2) is 89.9 Å². The molecule has 2 atom stereocenters. The Hall–Kier alpha value is -6.15. The molecule has 5 aromatic rings. The molecule has 0 unspecified atom stereocenters. The molecule has 2 saturated heterocycles. The molecule has 0 spiro atoms. The van der Waals surface area contributed by atoms with Gasteiger partial charge in [-0.3, -0.25) is 9.59 Å². The quantitative estimate of drug-likeness (QED) is 0.115. The minimum atomic E-state index is -4.42. The van der Waals surface area contributed by atoms with E-state index in [2.05, 4.69) is 14.9 Å². The largest absolute Gasteiger partial charge is 0.479 e. The number of halogens is 5. The van der Waals surface area contributed by atoms with Crippen molar-refractivity contribution in [1.82, 2.24) is 24.3 Å². The van der Waals surface area contributed by atoms with Crippen molar-refractivity contribution >= 4 is 28.9 Å². The second-order valence-electron chi connectivity index (χ2n) is 15.5. The average molecular weight is 896 g/mol. The lowest BCUT2D eigenvalue weighted by Crippen LogP contribution is -2.51. The van der Waals surface area contributed by atoms with E-state index in [0.717, 1.165) is 81.3 Å². The minimum absolute atomic E-state index is 0.0439. The molecule has 1 amide bonds. The third-order valence-corrected chi connectivity index (χ3v) is 11.4. The van der Waals surface area contributed by atoms with Crippen molar-refractivity contribution in [1.29, 1.82) is 0 Å². The number of pyridine rings is 1. The van der Waals surface area contributed by atoms with Gasteiger partial charge in [-0.05, 0) is 84.7 Å². The number of piperidine rings is 1. The van der Waals surface area contributed by atoms with Crippen LogP contribution in [0.5, 0.6) is 0 Å². The lowest BCUT2D eigenvalue weighted by atomic mass is 9.97. The molecule has 3 aromatic carbocycles. The van der Waals surface area contributed by atoms with Crippen LogP contribution in [0, 0.1) is 11.6 Å². The number of alkyl halides is 3. The Morgan fingerprint density at radius 2 is 1.42 bits per heavy atom. The molecule has 2 aliphatic rings. The van der Waals surface area contributed by atoms with Gasteiger partial charge in [0.1, 0.15) is 18.0 Å². The van der Waals surface area contributed by atoms with Crippen LogP contribution in [0.2, 0.25) is 0 Å². The van der Waals surface area contributed by atoms with Crippen LogP contribution in [0.1, 0.15) is 48.2 Å². The molecule has 7 rings (SSSR count). The summed E-state index contributed by atoms with van der Waals surface area (Å²) in [6.07, 6.45) is -3.88. The van der Waals surface area contributed by atoms with Crippen LogP contribution in [0.25, 0.3) is 22.2 Å². The molecule has 2 aromatic heterocycles. The number of carboxylic acid groups (broad SMARTS) is 2. The number of ether oxygens (including phenoxy) is 1. The van der Waals surface area contributed by atoms with E-state index in [4.69, 9.17) is 25.2 Å². The van der Waals surface area contributed by atoms with E-state index >= 15 is 0 Å². The van der Waals surface area contributed by atoms with E-state index in [1.54, 1.807) is 16.7 Å². The maximum absolute atomic E-state index is 14.6. The Labute approximate surface area is 363 Å². The van der Waals surface area contributed by atoms with Gasteiger partial charge >= 0.3 is 18.1 Å². The molecule has 2 aliphatic heterocycles. The van der Waals surface area contributed by atoms with Crippen LogP contribution in [0.4, 0.5) is 22.0 Å². The summed E-state index contributed by atoms with van der Waals surface area (Å²) in [5.41, 5.74) is 1.38. The summed E-state index contributed by atoms with van der Waals surface area (Å²) in [7, 11) is 0. The molecule has 2 fully saturated rings. The number of aliphatic carboxylic acids is 2. The third kappa shape index (κ3) is 11.7. The monoisotopic (exact) mass is 895 g/mol. The second kappa shape index (κ2) is 21.0. The summed E-state index contributed by atoms with van der Waals surface area (Å²) >= 11 is 0. The number of amides is 1. The molecule has 14 nitrogen and oxygen atoms in total. The van der Waals surface area contributed by atoms with Crippen molar-refractivity contribution < 1.29 is 61.5 Å². The highest BCUT2D eigenvalue weighted by atomic mass is 19.4. The number of carbonyl (C=O) groups is 3. The highest BCUT2D eigenvalue weighted by Gasteiger charge is 2.33. The average Bonchev–Trinajstić information content (AvgIpc) is 3.29. The molecule has 0 radical (unpaired) electrons. The van der Waals surface area contributed by atoms with Crippen molar-refractivity contribution in [2.75, 3.05) is 26.3 Å². The van der Waals surface area contributed by atoms with Crippen molar-refractivity contribution in [3.8, 4) is 11.1 Å². The van der Waals surface area contributed by atoms with E-state index in [-0.39, 0.29) is 60.3 Å². The molecule has 340 valence electrons. The number of aromatic nitrogens is 3. The first kappa shape index (κ1) is 47.3. The summed E-state index contributed by atoms with van der Waals surface area (Å²) < 4.78 is 75.2. The van der Waals surface area contributed by atoms with Gasteiger partial charge < -0.3 is 39.5 Å². The van der Waals surface area contributed by atoms with Crippen molar-refractivity contribution in [2.45, 2.75) is 82.1 Å². The Morgan fingerprint density at radius 1 is 0.812 bits per heavy atom. The number of rotatable bonds is 13. The number of carbonyl (C=O) groups excluding carboxylic acids is 1. The first-order chi connectivity index (χ1) is 30.5. The van der Waals surface area contributed by atoms with Gasteiger partial charge in [0.05, 0.1) is 10.9 Å². The Kier molecular flexibility index (Phi) is 15.5. The fraction of sp³-hybridized carbons (Fsp3) is 0.378. The molecule has 0 saturated carbocycles. The molecular formula is C45H46F5N5O9. The maximum Gasteiger partial charge on any atom is 0.416 e. The van der Waals surface area contributed by atoms with E-state index in [9.17, 15) is 41.1 Å². The number of fused-ring (bicyclic) bond motifs is 1. The number of aliphatic hydroxyl groups excluding tert-OH is 2. The number of likely N-dealkylation sites (tertiary alicyclic amines) is 1. The predicted octanol–water partition coefficient (Wildman–Crippen LogP) is 5.09. The van der Waals surface area contributed by atoms with Crippen LogP contribution in [-0.2, 0) is 51.2 Å². The lowest BCUT2D eigenvalue weighted by Gasteiger charge is -2.42. The standard InChI is InChI=1S/C41H40F5N5O3.C4H6O6/c42-35-5-1-3-30(38(35)43)12-15-36-48-40(53)34-4-2-20-47-39(34)51(36)26-37(52)50(33-16-21-49(22-17-33)32-18-23-54-24-19-32)25-27-6-8-28(9-7-27)29-10-13-31(14-11-29)41(44,45)46;5-1(3(7)8)2(6)4(9)10/h1-11,13-14,20,32-33H,12,15-19,21-26H2;1-2,5-6H,(H,7,8)(H,9,10)/t;1-,2-/m.1/s1. The van der Waals surface area contributed by atoms with Crippen LogP contribution >= 0.6 is 0 Å². The van der Waals surface area contributed by atoms with E-state index in [1.165, 1.54) is 30.5 Å². The van der Waals surface area contributed by atoms with Crippen molar-refractivity contribution in [2.24, 2.45) is 0 Å². The SMILES string of the molecule is O=C(Cn1c(CCc2cccc(F)c2F)nc(=O)c2cccnc21)N(Cc1ccc(-c2ccc(C(F)(F)F)cc2)cc1)C1CCN(C2CCOCC2)CC1.O=C(O)[C@H](O)[C@@H](O)C(=O)O. The first-order valence-electron chi connectivity index (χ1n) is 20.5. The predicted molar refractivity (Wildman–Crippen MR) is 221 cm³/mol. The summed E-state index contributed by atoms with van der Waals surface area (Å²) in [6.45, 7) is 3.20. The Balaban J connectivity index is 0.000000608. The number of benzene rings is 3. The molecule has 0 aliphatic carbocycles. The van der Waals surface area contributed by atoms with Gasteiger partial charge in [-0.15, -0.1) is 0 Å². The zero-order chi connectivity index (χ0) is 46.1. The summed E-state index contributed by atoms with van der Waals surface area (Å²) in [5, 5.41) is 32.8. The van der Waals surface area contributed by atoms with Gasteiger partial charge in [0.15, 0.2) is 23.8 Å². The van der Waals surface area contributed by atoms with Gasteiger partial charge in [0.2, 0.25) is 5.91 Å². The smallest absolute Gasteiger partial charge is 0.416 e. The van der Waals surface area contributed by atoms with Crippen molar-refractivity contribution in [3.63, 3.8) is 0 Å². The second-order valence-corrected chi connectivity index (χ2v) is 15.5. The van der Waals surface area contributed by atoms with Gasteiger partial charge in [-0.2, -0.15) is 18.2 Å². The zero-order valence-corrected chi connectivity index (χ0v) is 34.3. The molecule has 0 bridgehead atoms. The molecule has 4 N–H and O–H groups in total. The van der Waals surface area contributed by atoms with Gasteiger partial charge in [0, 0.05) is 57.5 Å². The number of hydrogen-bond donors (Lipinski definition) is 4. The highest BCUT2D eigenvalue weighted by molar-refractivity contribution is 5.83. The number of nitrogens with zero attached hydrogens (tertiary/aromatic N) is 5. The first-order valence-corrected chi connectivity index (χ1v) is 20.5. The summed E-state index contributed by atoms with van der Waals surface area (Å²) in [4.78, 5) is 60.3. The normalized spacial score (nSPS) is 16.1. The topological polar surface area (TPSA) is 196 Å². The van der Waals surface area contributed by atoms with Crippen LogP contribution in [-0.4, -0.2) is 113 Å². The van der Waals surface area contributed by atoms with Crippen LogP contribution in [0.3, 0.4) is 0 Å². The molecular weight excluding hydrogens is 850 g/mol. The van der Waals surface area contributed by atoms with Gasteiger partial charge in [-0.1, -0.05) is 48.5 Å². The minimum Gasteiger partial charge on any atom is -0.479 e. The number of aliphatic hydroxyl groups is 2. The maximum atomic E-state index is 14.6. The molecule has 4 heterocycles. The number of hydrogen-bond acceptors (Lipinski definition) is 10. The zero-order valence-electron chi connectivity index (χ0n) is 34.3. The van der Waals surface area contributed by atoms with Gasteiger partial charge in [0.25, 0.3) is 5.56 Å². The van der Waals surface area contributed by atoms with E-state index in [0.29, 0.717) is 11.6 Å². The summed E-state index contributed by atoms with van der Waals surface area (Å²) in [6, 6.07) is 19.9. The molecule has 19 heteroatoms. The van der Waals surface area contributed by atoms with Gasteiger partial charge in [-0.25, -0.2) is 23.4 Å². The fourth-order valence-electron chi connectivity index (χ4n) is 7.87. The summed E-state index contributed by atoms with van der Waals surface area (Å²) in [5.74, 6) is -5.46. The van der Waals surface area contributed by atoms with Crippen molar-refractivity contribution in [3.05, 3.63) is 130 Å². The Bertz CT molecular complexity index is 2460. The van der Waals surface area contributed by atoms with E-state index < -0.39 is 53.1 Å². The molecule has 64 heavy (non-hydrogen) atoms. The Morgan fingerprint density at radius 3 is 2.02 bits per heavy atom.